The van der Waals surface area contributed by atoms with Crippen LogP contribution in [0.25, 0.3) is 0 Å². The van der Waals surface area contributed by atoms with Gasteiger partial charge in [-0.2, -0.15) is 0 Å². The summed E-state index contributed by atoms with van der Waals surface area (Å²) in [6.07, 6.45) is 16.5. The number of carbonyl (C=O) groups is 2. The lowest BCUT2D eigenvalue weighted by molar-refractivity contribution is -0.156. The summed E-state index contributed by atoms with van der Waals surface area (Å²) in [6, 6.07) is 0. The highest BCUT2D eigenvalue weighted by Crippen LogP contribution is 2.13. The molecule has 0 amide bonds. The quantitative estimate of drug-likeness (QED) is 0.200. The fraction of sp³-hybridized carbons (Fsp3) is 0.905. The van der Waals surface area contributed by atoms with Crippen LogP contribution in [0.4, 0.5) is 0 Å². The highest BCUT2D eigenvalue weighted by atomic mass is 16.5. The van der Waals surface area contributed by atoms with E-state index in [0.29, 0.717) is 6.42 Å². The van der Waals surface area contributed by atoms with Gasteiger partial charge in [0.15, 0.2) is 0 Å². The van der Waals surface area contributed by atoms with E-state index in [4.69, 9.17) is 10.2 Å². The minimum absolute atomic E-state index is 0.200. The zero-order valence-electron chi connectivity index (χ0n) is 16.7. The number of ether oxygens (including phenoxy) is 1. The first-order chi connectivity index (χ1) is 12.6. The van der Waals surface area contributed by atoms with E-state index in [0.717, 1.165) is 12.8 Å². The molecule has 1 atom stereocenters. The number of ketones is 1. The first-order valence-corrected chi connectivity index (χ1v) is 10.6. The van der Waals surface area contributed by atoms with Crippen LogP contribution in [0.3, 0.4) is 0 Å². The average molecular weight is 373 g/mol. The predicted molar refractivity (Wildman–Crippen MR) is 104 cm³/mol. The maximum absolute atomic E-state index is 11.5. The number of aliphatic hydroxyl groups excluding tert-OH is 2. The van der Waals surface area contributed by atoms with Crippen molar-refractivity contribution in [2.45, 2.75) is 109 Å². The summed E-state index contributed by atoms with van der Waals surface area (Å²) in [5.41, 5.74) is 0. The molecule has 0 spiro atoms. The van der Waals surface area contributed by atoms with Crippen molar-refractivity contribution in [3.63, 3.8) is 0 Å². The third kappa shape index (κ3) is 16.5. The van der Waals surface area contributed by atoms with Crippen LogP contribution in [0, 0.1) is 0 Å². The van der Waals surface area contributed by atoms with Gasteiger partial charge in [0.1, 0.15) is 12.7 Å². The van der Waals surface area contributed by atoms with Gasteiger partial charge >= 0.3 is 5.97 Å². The van der Waals surface area contributed by atoms with Gasteiger partial charge in [0, 0.05) is 6.42 Å². The average Bonchev–Trinajstić information content (AvgIpc) is 2.65. The van der Waals surface area contributed by atoms with Gasteiger partial charge in [-0.25, -0.2) is 4.79 Å². The number of hydrogen-bond donors (Lipinski definition) is 2. The molecule has 0 aromatic rings. The van der Waals surface area contributed by atoms with Crippen molar-refractivity contribution in [3.8, 4) is 0 Å². The van der Waals surface area contributed by atoms with E-state index in [1.54, 1.807) is 0 Å². The standard InChI is InChI=1S/C21H40O5/c1-2-3-4-5-6-7-8-9-10-11-12-13-14-15-16-20(24)21(25)26-18-19(23)17-22/h19,22-23H,2-18H2,1H3. The molecule has 0 aromatic carbocycles. The summed E-state index contributed by atoms with van der Waals surface area (Å²) in [4.78, 5) is 22.9. The van der Waals surface area contributed by atoms with Crippen molar-refractivity contribution in [1.82, 2.24) is 0 Å². The SMILES string of the molecule is CCCCCCCCCCCCCCCCC(=O)C(=O)OCC(O)CO. The summed E-state index contributed by atoms with van der Waals surface area (Å²) in [7, 11) is 0. The molecule has 154 valence electrons. The molecule has 0 fully saturated rings. The first kappa shape index (κ1) is 25.1. The van der Waals surface area contributed by atoms with Gasteiger partial charge in [-0.15, -0.1) is 0 Å². The zero-order valence-corrected chi connectivity index (χ0v) is 16.7. The molecule has 0 aliphatic heterocycles. The van der Waals surface area contributed by atoms with Crippen LogP contribution < -0.4 is 0 Å². The Hall–Kier alpha value is -0.940. The van der Waals surface area contributed by atoms with Gasteiger partial charge in [0.25, 0.3) is 0 Å². The Kier molecular flexibility index (Phi) is 18.2. The Morgan fingerprint density at radius 1 is 0.769 bits per heavy atom. The molecule has 0 rings (SSSR count). The topological polar surface area (TPSA) is 83.8 Å². The van der Waals surface area contributed by atoms with Gasteiger partial charge in [0.05, 0.1) is 6.61 Å². The molecule has 2 N–H and O–H groups in total. The largest absolute Gasteiger partial charge is 0.457 e. The third-order valence-corrected chi connectivity index (χ3v) is 4.60. The summed E-state index contributed by atoms with van der Waals surface area (Å²) < 4.78 is 4.63. The normalized spacial score (nSPS) is 12.1. The maximum Gasteiger partial charge on any atom is 0.374 e. The van der Waals surface area contributed by atoms with Crippen LogP contribution in [0.15, 0.2) is 0 Å². The van der Waals surface area contributed by atoms with Gasteiger partial charge in [-0.3, -0.25) is 4.79 Å². The molecule has 0 radical (unpaired) electrons. The number of Topliss-reactive ketones (excluding diaryl/α,β-unsaturated/α-hetero) is 1. The molecule has 0 saturated heterocycles. The molecule has 5 heteroatoms. The number of hydrogen-bond acceptors (Lipinski definition) is 5. The van der Waals surface area contributed by atoms with Crippen molar-refractivity contribution < 1.29 is 24.5 Å². The van der Waals surface area contributed by atoms with Crippen LogP contribution in [0.2, 0.25) is 0 Å². The molecule has 0 aliphatic rings. The summed E-state index contributed by atoms with van der Waals surface area (Å²) in [6.45, 7) is 1.43. The van der Waals surface area contributed by atoms with Gasteiger partial charge in [-0.1, -0.05) is 90.4 Å². The number of rotatable bonds is 19. The molecule has 0 aromatic heterocycles. The smallest absolute Gasteiger partial charge is 0.374 e. The fourth-order valence-corrected chi connectivity index (χ4v) is 2.89. The number of carbonyl (C=O) groups excluding carboxylic acids is 2. The summed E-state index contributed by atoms with van der Waals surface area (Å²) >= 11 is 0. The highest BCUT2D eigenvalue weighted by molar-refractivity contribution is 6.33. The van der Waals surface area contributed by atoms with Crippen LogP contribution in [-0.4, -0.2) is 41.3 Å². The van der Waals surface area contributed by atoms with Crippen LogP contribution in [-0.2, 0) is 14.3 Å². The Morgan fingerprint density at radius 2 is 1.19 bits per heavy atom. The zero-order chi connectivity index (χ0) is 19.5. The van der Waals surface area contributed by atoms with Crippen molar-refractivity contribution in [3.05, 3.63) is 0 Å². The van der Waals surface area contributed by atoms with E-state index in [2.05, 4.69) is 11.7 Å². The summed E-state index contributed by atoms with van der Waals surface area (Å²) in [5.74, 6) is -1.46. The molecule has 5 nitrogen and oxygen atoms in total. The van der Waals surface area contributed by atoms with Crippen molar-refractivity contribution in [2.75, 3.05) is 13.2 Å². The lowest BCUT2D eigenvalue weighted by Crippen LogP contribution is -2.25. The predicted octanol–water partition coefficient (Wildman–Crippen LogP) is 4.32. The van der Waals surface area contributed by atoms with E-state index in [-0.39, 0.29) is 13.0 Å². The Labute approximate surface area is 159 Å². The molecule has 0 heterocycles. The van der Waals surface area contributed by atoms with Crippen LogP contribution in [0.1, 0.15) is 103 Å². The second kappa shape index (κ2) is 18.8. The van der Waals surface area contributed by atoms with Crippen molar-refractivity contribution in [2.24, 2.45) is 0 Å². The minimum Gasteiger partial charge on any atom is -0.457 e. The molecule has 0 bridgehead atoms. The molecule has 26 heavy (non-hydrogen) atoms. The fourth-order valence-electron chi connectivity index (χ4n) is 2.89. The van der Waals surface area contributed by atoms with E-state index in [9.17, 15) is 9.59 Å². The van der Waals surface area contributed by atoms with Gasteiger partial charge in [-0.05, 0) is 6.42 Å². The van der Waals surface area contributed by atoms with E-state index in [1.165, 1.54) is 70.6 Å². The minimum atomic E-state index is -1.12. The highest BCUT2D eigenvalue weighted by Gasteiger charge is 2.16. The summed E-state index contributed by atoms with van der Waals surface area (Å²) in [5, 5.41) is 17.7. The van der Waals surface area contributed by atoms with E-state index >= 15 is 0 Å². The number of unbranched alkanes of at least 4 members (excludes halogenated alkanes) is 13. The maximum atomic E-state index is 11.5. The second-order valence-corrected chi connectivity index (χ2v) is 7.20. The van der Waals surface area contributed by atoms with Crippen LogP contribution in [0.5, 0.6) is 0 Å². The first-order valence-electron chi connectivity index (χ1n) is 10.6. The van der Waals surface area contributed by atoms with Crippen LogP contribution >= 0.6 is 0 Å². The lowest BCUT2D eigenvalue weighted by atomic mass is 10.0. The van der Waals surface area contributed by atoms with E-state index in [1.807, 2.05) is 0 Å². The molecule has 1 unspecified atom stereocenters. The van der Waals surface area contributed by atoms with Gasteiger partial charge in [0.2, 0.25) is 5.78 Å². The number of aliphatic hydroxyl groups is 2. The van der Waals surface area contributed by atoms with Crippen molar-refractivity contribution in [1.29, 1.82) is 0 Å². The third-order valence-electron chi connectivity index (χ3n) is 4.60. The Balaban J connectivity index is 3.30. The molecular weight excluding hydrogens is 332 g/mol. The number of esters is 1. The molecular formula is C21H40O5. The lowest BCUT2D eigenvalue weighted by Gasteiger charge is -2.07. The van der Waals surface area contributed by atoms with Gasteiger partial charge < -0.3 is 14.9 Å². The van der Waals surface area contributed by atoms with Crippen molar-refractivity contribution >= 4 is 11.8 Å². The molecule has 0 aliphatic carbocycles. The Morgan fingerprint density at radius 3 is 1.62 bits per heavy atom. The second-order valence-electron chi connectivity index (χ2n) is 7.20. The molecule has 0 saturated carbocycles. The monoisotopic (exact) mass is 372 g/mol. The Bertz CT molecular complexity index is 343. The van der Waals surface area contributed by atoms with E-state index < -0.39 is 24.5 Å².